The monoisotopic (exact) mass is 246 g/mol. The highest BCUT2D eigenvalue weighted by atomic mass is 79.9. The summed E-state index contributed by atoms with van der Waals surface area (Å²) in [6, 6.07) is 1.10. The van der Waals surface area contributed by atoms with Gasteiger partial charge in [0.1, 0.15) is 0 Å². The number of hydrogen-bond acceptors (Lipinski definition) is 2. The second-order valence-electron chi connectivity index (χ2n) is 2.53. The van der Waals surface area contributed by atoms with Crippen LogP contribution in [0.3, 0.4) is 0 Å². The maximum atomic E-state index is 13.0. The van der Waals surface area contributed by atoms with E-state index in [-0.39, 0.29) is 4.47 Å². The number of halogens is 3. The average molecular weight is 247 g/mol. The van der Waals surface area contributed by atoms with Crippen LogP contribution in [0, 0.1) is 11.6 Å². The summed E-state index contributed by atoms with van der Waals surface area (Å²) in [5.74, 6) is -1.77. The van der Waals surface area contributed by atoms with E-state index < -0.39 is 11.6 Å². The summed E-state index contributed by atoms with van der Waals surface area (Å²) in [5.41, 5.74) is 1.01. The molecule has 1 aliphatic heterocycles. The summed E-state index contributed by atoms with van der Waals surface area (Å²) < 4.78 is 26.0. The van der Waals surface area contributed by atoms with Crippen molar-refractivity contribution < 1.29 is 8.78 Å². The van der Waals surface area contributed by atoms with Crippen molar-refractivity contribution in [2.45, 2.75) is 0 Å². The molecule has 0 amide bonds. The Balaban J connectivity index is 2.64. The molecule has 1 aromatic rings. The van der Waals surface area contributed by atoms with Gasteiger partial charge in [0.2, 0.25) is 0 Å². The molecule has 0 fully saturated rings. The lowest BCUT2D eigenvalue weighted by Crippen LogP contribution is -2.05. The molecule has 2 rings (SSSR count). The van der Waals surface area contributed by atoms with Crippen molar-refractivity contribution in [3.63, 3.8) is 0 Å². The Morgan fingerprint density at radius 3 is 2.62 bits per heavy atom. The van der Waals surface area contributed by atoms with Crippen molar-refractivity contribution in [2.24, 2.45) is 0 Å². The summed E-state index contributed by atoms with van der Waals surface area (Å²) in [7, 11) is 0. The van der Waals surface area contributed by atoms with Crippen molar-refractivity contribution in [1.82, 2.24) is 0 Å². The molecule has 68 valence electrons. The minimum Gasteiger partial charge on any atom is -0.359 e. The molecular weight excluding hydrogens is 242 g/mol. The predicted molar refractivity (Wildman–Crippen MR) is 50.4 cm³/mol. The summed E-state index contributed by atoms with van der Waals surface area (Å²) in [6.07, 6.45) is 3.20. The molecule has 0 aliphatic carbocycles. The van der Waals surface area contributed by atoms with E-state index in [2.05, 4.69) is 26.6 Å². The van der Waals surface area contributed by atoms with Crippen LogP contribution in [0.1, 0.15) is 0 Å². The van der Waals surface area contributed by atoms with Crippen LogP contribution in [0.25, 0.3) is 0 Å². The Hall–Kier alpha value is -1.10. The third kappa shape index (κ3) is 1.29. The maximum absolute atomic E-state index is 13.0. The molecule has 0 bridgehead atoms. The fourth-order valence-electron chi connectivity index (χ4n) is 1.11. The predicted octanol–water partition coefficient (Wildman–Crippen LogP) is 3.04. The highest BCUT2D eigenvalue weighted by molar-refractivity contribution is 9.10. The summed E-state index contributed by atoms with van der Waals surface area (Å²) in [6.45, 7) is 0. The van der Waals surface area contributed by atoms with Gasteiger partial charge in [-0.1, -0.05) is 0 Å². The molecule has 0 saturated carbocycles. The third-order valence-corrected chi connectivity index (χ3v) is 2.46. The second kappa shape index (κ2) is 2.99. The van der Waals surface area contributed by atoms with Crippen LogP contribution >= 0.6 is 15.9 Å². The van der Waals surface area contributed by atoms with Gasteiger partial charge in [-0.25, -0.2) is 8.78 Å². The molecule has 2 nitrogen and oxygen atoms in total. The van der Waals surface area contributed by atoms with Crippen molar-refractivity contribution in [3.8, 4) is 0 Å². The molecule has 0 unspecified atom stereocenters. The molecule has 2 N–H and O–H groups in total. The number of fused-ring (bicyclic) bond motifs is 1. The average Bonchev–Trinajstić information content (AvgIpc) is 2.15. The Bertz CT molecular complexity index is 390. The number of anilines is 2. The van der Waals surface area contributed by atoms with Crippen LogP contribution < -0.4 is 10.6 Å². The van der Waals surface area contributed by atoms with E-state index >= 15 is 0 Å². The van der Waals surface area contributed by atoms with Gasteiger partial charge in [-0.15, -0.1) is 0 Å². The molecule has 1 aromatic carbocycles. The standard InChI is InChI=1S/C8H5BrF2N2/c9-6-7(11)4(10)3-5-8(6)13-2-1-12-5/h1-3,12-13H. The van der Waals surface area contributed by atoms with E-state index in [9.17, 15) is 8.78 Å². The van der Waals surface area contributed by atoms with Crippen LogP contribution in [0.2, 0.25) is 0 Å². The van der Waals surface area contributed by atoms with E-state index in [1.807, 2.05) is 0 Å². The topological polar surface area (TPSA) is 24.1 Å². The van der Waals surface area contributed by atoms with Crippen molar-refractivity contribution in [1.29, 1.82) is 0 Å². The van der Waals surface area contributed by atoms with E-state index in [0.717, 1.165) is 6.07 Å². The minimum atomic E-state index is -0.886. The smallest absolute Gasteiger partial charge is 0.175 e. The minimum absolute atomic E-state index is 0.0966. The number of rotatable bonds is 0. The molecule has 0 spiro atoms. The molecular formula is C8H5BrF2N2. The lowest BCUT2D eigenvalue weighted by atomic mass is 10.2. The van der Waals surface area contributed by atoms with Gasteiger partial charge in [0.15, 0.2) is 11.6 Å². The Morgan fingerprint density at radius 1 is 1.15 bits per heavy atom. The lowest BCUT2D eigenvalue weighted by molar-refractivity contribution is 0.505. The molecule has 1 heterocycles. The normalized spacial score (nSPS) is 13.2. The zero-order valence-electron chi connectivity index (χ0n) is 6.37. The molecule has 0 atom stereocenters. The molecule has 13 heavy (non-hydrogen) atoms. The molecule has 1 aliphatic rings. The van der Waals surface area contributed by atoms with Gasteiger partial charge < -0.3 is 10.6 Å². The number of hydrogen-bond donors (Lipinski definition) is 2. The lowest BCUT2D eigenvalue weighted by Gasteiger charge is -2.16. The Kier molecular flexibility index (Phi) is 1.95. The Morgan fingerprint density at radius 2 is 1.85 bits per heavy atom. The Labute approximate surface area is 81.8 Å². The van der Waals surface area contributed by atoms with Gasteiger partial charge in [0.05, 0.1) is 15.8 Å². The SMILES string of the molecule is Fc1cc2c(c(Br)c1F)NC=CN2. The second-order valence-corrected chi connectivity index (χ2v) is 3.32. The van der Waals surface area contributed by atoms with E-state index in [4.69, 9.17) is 0 Å². The van der Waals surface area contributed by atoms with Gasteiger partial charge in [0.25, 0.3) is 0 Å². The molecule has 0 aromatic heterocycles. The largest absolute Gasteiger partial charge is 0.359 e. The van der Waals surface area contributed by atoms with Crippen LogP contribution in [0.5, 0.6) is 0 Å². The van der Waals surface area contributed by atoms with E-state index in [1.54, 1.807) is 12.4 Å². The quantitative estimate of drug-likeness (QED) is 0.688. The van der Waals surface area contributed by atoms with Gasteiger partial charge in [0, 0.05) is 18.5 Å². The van der Waals surface area contributed by atoms with Gasteiger partial charge in [-0.05, 0) is 15.9 Å². The zero-order chi connectivity index (χ0) is 9.42. The maximum Gasteiger partial charge on any atom is 0.175 e. The summed E-state index contributed by atoms with van der Waals surface area (Å²) >= 11 is 2.97. The van der Waals surface area contributed by atoms with Crippen LogP contribution in [0.15, 0.2) is 22.9 Å². The third-order valence-electron chi connectivity index (χ3n) is 1.71. The van der Waals surface area contributed by atoms with Crippen LogP contribution in [0.4, 0.5) is 20.2 Å². The fourth-order valence-corrected chi connectivity index (χ4v) is 1.62. The van der Waals surface area contributed by atoms with Crippen LogP contribution in [-0.2, 0) is 0 Å². The van der Waals surface area contributed by atoms with Gasteiger partial charge in [-0.3, -0.25) is 0 Å². The zero-order valence-corrected chi connectivity index (χ0v) is 7.95. The highest BCUT2D eigenvalue weighted by Crippen LogP contribution is 2.36. The van der Waals surface area contributed by atoms with Crippen molar-refractivity contribution in [2.75, 3.05) is 10.6 Å². The fraction of sp³-hybridized carbons (Fsp3) is 0. The summed E-state index contributed by atoms with van der Waals surface area (Å²) in [5, 5.41) is 5.59. The van der Waals surface area contributed by atoms with Crippen molar-refractivity contribution in [3.05, 3.63) is 34.6 Å². The first kappa shape index (κ1) is 8.50. The molecule has 5 heteroatoms. The molecule has 0 radical (unpaired) electrons. The first-order valence-electron chi connectivity index (χ1n) is 3.55. The number of benzene rings is 1. The highest BCUT2D eigenvalue weighted by Gasteiger charge is 2.16. The first-order chi connectivity index (χ1) is 6.20. The summed E-state index contributed by atoms with van der Waals surface area (Å²) in [4.78, 5) is 0. The van der Waals surface area contributed by atoms with Gasteiger partial charge in [-0.2, -0.15) is 0 Å². The van der Waals surface area contributed by atoms with Gasteiger partial charge >= 0.3 is 0 Å². The van der Waals surface area contributed by atoms with E-state index in [0.29, 0.717) is 11.4 Å². The van der Waals surface area contributed by atoms with Crippen molar-refractivity contribution >= 4 is 27.3 Å². The first-order valence-corrected chi connectivity index (χ1v) is 4.35. The van der Waals surface area contributed by atoms with Crippen LogP contribution in [-0.4, -0.2) is 0 Å². The number of nitrogens with one attached hydrogen (secondary N) is 2. The van der Waals surface area contributed by atoms with E-state index in [1.165, 1.54) is 0 Å². The molecule has 0 saturated heterocycles.